The number of imide groups is 1. The van der Waals surface area contributed by atoms with Crippen LogP contribution < -0.4 is 9.47 Å². The predicted molar refractivity (Wildman–Crippen MR) is 118 cm³/mol. The monoisotopic (exact) mass is 479 g/mol. The van der Waals surface area contributed by atoms with E-state index in [1.54, 1.807) is 25.1 Å². The van der Waals surface area contributed by atoms with Gasteiger partial charge in [0.2, 0.25) is 0 Å². The van der Waals surface area contributed by atoms with Gasteiger partial charge in [0.1, 0.15) is 5.82 Å². The lowest BCUT2D eigenvalue weighted by atomic mass is 10.1. The van der Waals surface area contributed by atoms with Crippen molar-refractivity contribution in [3.05, 3.63) is 63.3 Å². The molecular weight excluding hydrogens is 461 g/mol. The molecular formula is C22H19ClFNO6S. The van der Waals surface area contributed by atoms with E-state index in [9.17, 15) is 18.8 Å². The van der Waals surface area contributed by atoms with Crippen molar-refractivity contribution in [1.82, 2.24) is 4.90 Å². The summed E-state index contributed by atoms with van der Waals surface area (Å²) >= 11 is 6.77. The predicted octanol–water partition coefficient (Wildman–Crippen LogP) is 4.67. The molecule has 0 radical (unpaired) electrons. The summed E-state index contributed by atoms with van der Waals surface area (Å²) in [7, 11) is 1.26. The molecule has 32 heavy (non-hydrogen) atoms. The van der Waals surface area contributed by atoms with Crippen molar-refractivity contribution in [2.24, 2.45) is 0 Å². The second-order valence-electron chi connectivity index (χ2n) is 6.47. The smallest absolute Gasteiger partial charge is 0.343 e. The van der Waals surface area contributed by atoms with Gasteiger partial charge in [-0.3, -0.25) is 14.5 Å². The number of methoxy groups -OCH3 is 1. The highest BCUT2D eigenvalue weighted by atomic mass is 35.5. The Bertz CT molecular complexity index is 1070. The number of hydrogen-bond acceptors (Lipinski definition) is 7. The molecule has 3 rings (SSSR count). The van der Waals surface area contributed by atoms with E-state index in [0.29, 0.717) is 23.7 Å². The first-order chi connectivity index (χ1) is 15.3. The van der Waals surface area contributed by atoms with Gasteiger partial charge in [-0.15, -0.1) is 0 Å². The second kappa shape index (κ2) is 10.5. The van der Waals surface area contributed by atoms with E-state index in [0.717, 1.165) is 16.7 Å². The van der Waals surface area contributed by atoms with Crippen LogP contribution in [-0.4, -0.2) is 42.3 Å². The highest BCUT2D eigenvalue weighted by Gasteiger charge is 2.36. The van der Waals surface area contributed by atoms with Crippen LogP contribution in [0.25, 0.3) is 6.08 Å². The lowest BCUT2D eigenvalue weighted by Crippen LogP contribution is -2.28. The van der Waals surface area contributed by atoms with E-state index >= 15 is 0 Å². The summed E-state index contributed by atoms with van der Waals surface area (Å²) in [6.07, 6.45) is 1.53. The Hall–Kier alpha value is -3.04. The van der Waals surface area contributed by atoms with E-state index < -0.39 is 22.9 Å². The molecule has 0 N–H and O–H groups in total. The molecule has 1 saturated heterocycles. The van der Waals surface area contributed by atoms with Crippen LogP contribution in [0, 0.1) is 5.82 Å². The standard InChI is InChI=1S/C22H19ClFNO6S/c1-3-30-18-9-13(7-8-17(18)31-12-20(26)29-2)10-19-21(27)25(22(28)32-19)11-14-15(23)5-4-6-16(14)24/h4-10H,3,11-12H2,1-2H3/b19-10+. The molecule has 0 saturated carbocycles. The minimum absolute atomic E-state index is 0.0726. The maximum absolute atomic E-state index is 14.1. The molecule has 0 bridgehead atoms. The summed E-state index contributed by atoms with van der Waals surface area (Å²) in [5.74, 6) is -0.993. The summed E-state index contributed by atoms with van der Waals surface area (Å²) < 4.78 is 29.6. The van der Waals surface area contributed by atoms with Gasteiger partial charge >= 0.3 is 5.97 Å². The minimum atomic E-state index is -0.593. The quantitative estimate of drug-likeness (QED) is 0.402. The van der Waals surface area contributed by atoms with Gasteiger partial charge in [0.05, 0.1) is 25.2 Å². The summed E-state index contributed by atoms with van der Waals surface area (Å²) in [6, 6.07) is 9.02. The van der Waals surface area contributed by atoms with Crippen molar-refractivity contribution in [3.63, 3.8) is 0 Å². The van der Waals surface area contributed by atoms with Gasteiger partial charge in [-0.2, -0.15) is 0 Å². The highest BCUT2D eigenvalue weighted by Crippen LogP contribution is 2.36. The molecule has 1 fully saturated rings. The number of halogens is 2. The van der Waals surface area contributed by atoms with Crippen molar-refractivity contribution in [3.8, 4) is 11.5 Å². The van der Waals surface area contributed by atoms with Gasteiger partial charge in [0, 0.05) is 10.6 Å². The van der Waals surface area contributed by atoms with Crippen LogP contribution in [0.1, 0.15) is 18.1 Å². The minimum Gasteiger partial charge on any atom is -0.490 e. The van der Waals surface area contributed by atoms with Crippen LogP contribution in [-0.2, 0) is 20.9 Å². The first-order valence-corrected chi connectivity index (χ1v) is 10.7. The Morgan fingerprint density at radius 2 is 1.97 bits per heavy atom. The molecule has 7 nitrogen and oxygen atoms in total. The topological polar surface area (TPSA) is 82.1 Å². The van der Waals surface area contributed by atoms with E-state index in [4.69, 9.17) is 21.1 Å². The molecule has 168 valence electrons. The first-order valence-electron chi connectivity index (χ1n) is 9.48. The van der Waals surface area contributed by atoms with Crippen LogP contribution in [0.4, 0.5) is 9.18 Å². The Morgan fingerprint density at radius 3 is 2.66 bits per heavy atom. The molecule has 0 unspecified atom stereocenters. The van der Waals surface area contributed by atoms with Crippen molar-refractivity contribution >= 4 is 46.6 Å². The zero-order valence-electron chi connectivity index (χ0n) is 17.2. The number of esters is 1. The summed E-state index contributed by atoms with van der Waals surface area (Å²) in [4.78, 5) is 37.6. The van der Waals surface area contributed by atoms with E-state index in [1.165, 1.54) is 31.4 Å². The highest BCUT2D eigenvalue weighted by molar-refractivity contribution is 8.18. The molecule has 1 heterocycles. The zero-order chi connectivity index (χ0) is 23.3. The molecule has 0 atom stereocenters. The summed E-state index contributed by atoms with van der Waals surface area (Å²) in [5.41, 5.74) is 0.650. The fraction of sp³-hybridized carbons (Fsp3) is 0.227. The fourth-order valence-electron chi connectivity index (χ4n) is 2.83. The maximum Gasteiger partial charge on any atom is 0.343 e. The number of thioether (sulfide) groups is 1. The number of carbonyl (C=O) groups is 3. The number of rotatable bonds is 8. The lowest BCUT2D eigenvalue weighted by Gasteiger charge is -2.14. The molecule has 10 heteroatoms. The van der Waals surface area contributed by atoms with Crippen molar-refractivity contribution < 1.29 is 33.0 Å². The lowest BCUT2D eigenvalue weighted by molar-refractivity contribution is -0.143. The van der Waals surface area contributed by atoms with Crippen LogP contribution in [0.5, 0.6) is 11.5 Å². The van der Waals surface area contributed by atoms with Crippen LogP contribution >= 0.6 is 23.4 Å². The fourth-order valence-corrected chi connectivity index (χ4v) is 3.89. The first kappa shape index (κ1) is 23.6. The van der Waals surface area contributed by atoms with Gasteiger partial charge in [-0.25, -0.2) is 9.18 Å². The molecule has 0 spiro atoms. The number of benzene rings is 2. The average molecular weight is 480 g/mol. The third kappa shape index (κ3) is 5.41. The number of hydrogen-bond donors (Lipinski definition) is 0. The van der Waals surface area contributed by atoms with Crippen molar-refractivity contribution in [2.75, 3.05) is 20.3 Å². The second-order valence-corrected chi connectivity index (χ2v) is 7.87. The van der Waals surface area contributed by atoms with Gasteiger partial charge in [-0.1, -0.05) is 23.7 Å². The Labute approximate surface area is 193 Å². The van der Waals surface area contributed by atoms with Crippen LogP contribution in [0.15, 0.2) is 41.3 Å². The van der Waals surface area contributed by atoms with Gasteiger partial charge < -0.3 is 14.2 Å². The number of ether oxygens (including phenoxy) is 3. The summed E-state index contributed by atoms with van der Waals surface area (Å²) in [5, 5.41) is -0.388. The molecule has 0 aromatic heterocycles. The molecule has 1 aliphatic heterocycles. The number of carbonyl (C=O) groups excluding carboxylic acids is 3. The van der Waals surface area contributed by atoms with Gasteiger partial charge in [-0.05, 0) is 54.6 Å². The van der Waals surface area contributed by atoms with Crippen LogP contribution in [0.3, 0.4) is 0 Å². The molecule has 2 aromatic rings. The van der Waals surface area contributed by atoms with E-state index in [2.05, 4.69) is 4.74 Å². The zero-order valence-corrected chi connectivity index (χ0v) is 18.8. The number of amides is 2. The number of nitrogens with zero attached hydrogens (tertiary/aromatic N) is 1. The van der Waals surface area contributed by atoms with Crippen LogP contribution in [0.2, 0.25) is 5.02 Å². The Balaban J connectivity index is 1.81. The van der Waals surface area contributed by atoms with E-state index in [-0.39, 0.29) is 28.6 Å². The van der Waals surface area contributed by atoms with Gasteiger partial charge in [0.25, 0.3) is 11.1 Å². The molecule has 0 aliphatic carbocycles. The largest absolute Gasteiger partial charge is 0.490 e. The SMILES string of the molecule is CCOc1cc(/C=C2/SC(=O)N(Cc3c(F)cccc3Cl)C2=O)ccc1OCC(=O)OC. The molecule has 1 aliphatic rings. The van der Waals surface area contributed by atoms with Gasteiger partial charge in [0.15, 0.2) is 18.1 Å². The Kier molecular flexibility index (Phi) is 7.76. The van der Waals surface area contributed by atoms with Crippen molar-refractivity contribution in [1.29, 1.82) is 0 Å². The molecule has 2 amide bonds. The average Bonchev–Trinajstić information content (AvgIpc) is 3.02. The normalized spacial score (nSPS) is 14.8. The third-order valence-corrected chi connectivity index (χ3v) is 5.65. The summed E-state index contributed by atoms with van der Waals surface area (Å²) in [6.45, 7) is 1.58. The third-order valence-electron chi connectivity index (χ3n) is 4.39. The maximum atomic E-state index is 14.1. The molecule has 2 aromatic carbocycles. The van der Waals surface area contributed by atoms with Crippen molar-refractivity contribution in [2.45, 2.75) is 13.5 Å². The van der Waals surface area contributed by atoms with E-state index in [1.807, 2.05) is 0 Å². The Morgan fingerprint density at radius 1 is 1.19 bits per heavy atom.